The summed E-state index contributed by atoms with van der Waals surface area (Å²) in [5.41, 5.74) is -2.62. The van der Waals surface area contributed by atoms with Crippen molar-refractivity contribution < 1.29 is 174 Å². The Morgan fingerprint density at radius 1 is 0.295 bits per heavy atom. The molecule has 0 aliphatic carbocycles. The molecule has 0 aliphatic rings. The number of methoxy groups -OCH3 is 1. The van der Waals surface area contributed by atoms with Gasteiger partial charge in [0.05, 0.1) is 127 Å². The number of rotatable bonds is 88. The first kappa shape index (κ1) is 161. The van der Waals surface area contributed by atoms with Gasteiger partial charge in [0.1, 0.15) is 67.2 Å². The lowest BCUT2D eigenvalue weighted by molar-refractivity contribution is -0.890. The van der Waals surface area contributed by atoms with Gasteiger partial charge in [-0.05, 0) is 118 Å². The van der Waals surface area contributed by atoms with Crippen molar-refractivity contribution in [2.24, 2.45) is 21.7 Å². The lowest BCUT2D eigenvalue weighted by Gasteiger charge is -2.33. The van der Waals surface area contributed by atoms with Crippen LogP contribution in [0.15, 0.2) is 0 Å². The van der Waals surface area contributed by atoms with E-state index in [1.54, 1.807) is 7.11 Å². The first-order valence-electron chi connectivity index (χ1n) is 50.6. The molecule has 0 N–H and O–H groups in total. The third-order valence-corrected chi connectivity index (χ3v) is 31.9. The van der Waals surface area contributed by atoms with E-state index in [0.29, 0.717) is 130 Å². The van der Waals surface area contributed by atoms with E-state index in [1.807, 2.05) is 110 Å². The minimum Gasteiger partial charge on any atom is -1.00 e. The maximum atomic E-state index is 13.1. The highest BCUT2D eigenvalue weighted by atomic mass is 79.9. The molecule has 36 heteroatoms. The fourth-order valence-corrected chi connectivity index (χ4v) is 21.6. The summed E-state index contributed by atoms with van der Waals surface area (Å²) in [6, 6.07) is 3.19. The van der Waals surface area contributed by atoms with Gasteiger partial charge in [0.2, 0.25) is 6.43 Å². The number of unbranched alkanes of at least 4 members (excludes halogenated alkanes) is 22. The lowest BCUT2D eigenvalue weighted by atomic mass is 9.92. The third-order valence-electron chi connectivity index (χ3n) is 22.2. The molecule has 0 amide bonds. The Hall–Kier alpha value is -2.97. The summed E-state index contributed by atoms with van der Waals surface area (Å²) >= 11 is 0. The number of carbonyl (C=O) groups is 10. The summed E-state index contributed by atoms with van der Waals surface area (Å²) in [6.45, 7) is 61.6. The molecule has 0 radical (unpaired) electrons. The van der Waals surface area contributed by atoms with Crippen LogP contribution in [0.3, 0.4) is 0 Å². The molecule has 0 bridgehead atoms. The number of quaternary nitrogens is 2. The number of esters is 4. The number of halogens is 4. The number of hydrogen-bond donors (Lipinski definition) is 0. The highest BCUT2D eigenvalue weighted by Gasteiger charge is 2.41. The van der Waals surface area contributed by atoms with Crippen molar-refractivity contribution in [3.8, 4) is 0 Å². The van der Waals surface area contributed by atoms with Crippen LogP contribution in [-0.4, -0.2) is 320 Å². The van der Waals surface area contributed by atoms with Crippen LogP contribution in [0.25, 0.3) is 0 Å². The zero-order valence-corrected chi connectivity index (χ0v) is 98.6. The first-order valence-corrected chi connectivity index (χ1v) is 62.4. The van der Waals surface area contributed by atoms with E-state index < -0.39 is 61.6 Å². The highest BCUT2D eigenvalue weighted by Crippen LogP contribution is 2.30. The van der Waals surface area contributed by atoms with E-state index in [1.165, 1.54) is 142 Å². The van der Waals surface area contributed by atoms with Crippen LogP contribution >= 0.6 is 0 Å². The van der Waals surface area contributed by atoms with Crippen molar-refractivity contribution in [3.63, 3.8) is 0 Å². The fourth-order valence-electron chi connectivity index (χ4n) is 14.4. The van der Waals surface area contributed by atoms with Crippen LogP contribution < -0.4 is 34.0 Å². The molecule has 0 heterocycles. The van der Waals surface area contributed by atoms with Crippen molar-refractivity contribution in [2.45, 2.75) is 379 Å². The SMILES string of the molecule is C.C.C=O.C=O.C=O.C=O.C=O.C=O.CCCCCCCCCCCC[N+](C)(C)CCCCOCC(C)(COCC(C)(COCCC(F)F)COC(=O)CCCC[Si](C)(C)C)COC(=O)CCCC[Si](OCC)(OCC)OCC.CCCCCCCCCCCC[N+](C)(C)CCCCOCC(C)(COCC(C)(COCCOC)COC(=O)CC[Si](C)(C)C)COC(=O)CC[Si](C)(OCC)OCC.[Br-].[Br-]. The van der Waals surface area contributed by atoms with Gasteiger partial charge in [0, 0.05) is 135 Å². The topological polar surface area (TPSA) is 318 Å². The van der Waals surface area contributed by atoms with Crippen molar-refractivity contribution in [2.75, 3.05) is 207 Å². The van der Waals surface area contributed by atoms with Crippen LogP contribution in [0.5, 0.6) is 0 Å². The summed E-state index contributed by atoms with van der Waals surface area (Å²) < 4.78 is 123. The Balaban J connectivity index is -0.000000205. The van der Waals surface area contributed by atoms with Gasteiger partial charge in [0.25, 0.3) is 0 Å². The average molecular weight is 2210 g/mol. The van der Waals surface area contributed by atoms with Crippen LogP contribution in [0.2, 0.25) is 70.0 Å². The molecule has 139 heavy (non-hydrogen) atoms. The van der Waals surface area contributed by atoms with E-state index in [9.17, 15) is 28.0 Å². The predicted molar refractivity (Wildman–Crippen MR) is 564 cm³/mol. The van der Waals surface area contributed by atoms with Gasteiger partial charge in [-0.1, -0.05) is 211 Å². The zero-order valence-electron chi connectivity index (χ0n) is 91.4. The van der Waals surface area contributed by atoms with Crippen LogP contribution in [0, 0.1) is 21.7 Å². The third kappa shape index (κ3) is 109. The fraction of sp³-hybridized carbons (Fsp3) is 0.903. The Bertz CT molecular complexity index is 2630. The van der Waals surface area contributed by atoms with E-state index in [4.69, 9.17) is 103 Å². The lowest BCUT2D eigenvalue weighted by Crippen LogP contribution is -3.00. The van der Waals surface area contributed by atoms with Crippen LogP contribution in [-0.2, 0) is 122 Å². The largest absolute Gasteiger partial charge is 1.00 e. The molecule has 4 atom stereocenters. The van der Waals surface area contributed by atoms with Crippen molar-refractivity contribution in [1.82, 2.24) is 0 Å². The van der Waals surface area contributed by atoms with Gasteiger partial charge >= 0.3 is 41.2 Å². The molecule has 0 fully saturated rings. The summed E-state index contributed by atoms with van der Waals surface area (Å²) in [4.78, 5) is 99.6. The standard InChI is InChI=1S/C50H102F2NO10Si2.C45H94NO10Si2.6CH2O.2CH4.2BrH/c1-12-16-17-18-19-20-21-22-23-26-34-53(7,8)35-27-28-36-56-40-49(5,44-59-48(55)32-25-30-39-65(61-13-2,62-14-3)63-15-4)42-58-43-50(6,41-57-37-33-46(51)52)45-60-47(54)31-24-29-38-64(9,10)11;1-13-16-17-18-19-20-21-22-23-24-29-46(6,7)30-25-26-31-50-36-44(4,40-54-43(48)28-35-58(12,55-14-2)56-15-3)38-52-39-45(5,37-51-33-32-49-8)41-53-42(47)27-34-57(9,10)11;6*1-2;;;;/h46H,12-45H2,1-11H3;13-41H2,1-12H3;6*1H2;2*1H4;2*1H/q2*+1;;;;;;;;;;/p-2. The Morgan fingerprint density at radius 3 is 0.827 bits per heavy atom. The summed E-state index contributed by atoms with van der Waals surface area (Å²) in [5.74, 6) is -1.06. The van der Waals surface area contributed by atoms with Crippen molar-refractivity contribution in [3.05, 3.63) is 0 Å². The number of ether oxygens (including phenoxy) is 11. The number of alkyl halides is 2. The van der Waals surface area contributed by atoms with Crippen LogP contribution in [0.1, 0.15) is 303 Å². The van der Waals surface area contributed by atoms with E-state index >= 15 is 0 Å². The van der Waals surface area contributed by atoms with Gasteiger partial charge < -0.3 is 146 Å². The van der Waals surface area contributed by atoms with E-state index in [-0.39, 0.29) is 145 Å². The minimum atomic E-state index is -2.80. The molecular formula is C103H216Br2F2N2O26Si4. The number of hydrogen-bond acceptors (Lipinski definition) is 26. The van der Waals surface area contributed by atoms with E-state index in [2.05, 4.69) is 81.3 Å². The number of carbonyl (C=O) groups excluding carboxylic acids is 10. The Labute approximate surface area is 874 Å². The smallest absolute Gasteiger partial charge is 0.500 e. The Morgan fingerprint density at radius 2 is 0.547 bits per heavy atom. The number of nitrogens with zero attached hydrogens (tertiary/aromatic N) is 2. The molecule has 0 spiro atoms. The second-order valence-corrected chi connectivity index (χ2v) is 57.6. The van der Waals surface area contributed by atoms with Crippen molar-refractivity contribution >= 4 is 98.1 Å². The van der Waals surface area contributed by atoms with E-state index in [0.717, 1.165) is 72.7 Å². The summed E-state index contributed by atoms with van der Waals surface area (Å²) in [6.07, 6.45) is 32.5. The summed E-state index contributed by atoms with van der Waals surface area (Å²) in [7, 11) is 3.16. The van der Waals surface area contributed by atoms with Gasteiger partial charge in [-0.15, -0.1) is 0 Å². The van der Waals surface area contributed by atoms with Gasteiger partial charge in [-0.25, -0.2) is 8.78 Å². The summed E-state index contributed by atoms with van der Waals surface area (Å²) in [5, 5.41) is 0. The predicted octanol–water partition coefficient (Wildman–Crippen LogP) is 16.3. The molecule has 0 saturated heterocycles. The quantitative estimate of drug-likeness (QED) is 0.0179. The molecule has 0 rings (SSSR count). The second-order valence-electron chi connectivity index (χ2n) is 40.3. The maximum Gasteiger partial charge on any atom is 0.500 e. The average Bonchev–Trinajstić information content (AvgIpc) is 0.877. The van der Waals surface area contributed by atoms with Gasteiger partial charge in [0.15, 0.2) is 0 Å². The molecule has 28 nitrogen and oxygen atoms in total. The highest BCUT2D eigenvalue weighted by molar-refractivity contribution is 6.76. The molecule has 0 saturated carbocycles. The Kier molecular flexibility index (Phi) is 123. The van der Waals surface area contributed by atoms with Crippen molar-refractivity contribution in [1.29, 1.82) is 0 Å². The monoisotopic (exact) mass is 2210 g/mol. The molecule has 0 aromatic rings. The van der Waals surface area contributed by atoms with Gasteiger partial charge in [-0.2, -0.15) is 0 Å². The molecule has 0 aromatic carbocycles. The normalized spacial score (nSPS) is 13.0. The second kappa shape index (κ2) is 106. The molecule has 0 aliphatic heterocycles. The first-order chi connectivity index (χ1) is 64.1. The van der Waals surface area contributed by atoms with Gasteiger partial charge in [-0.3, -0.25) is 19.2 Å². The molecule has 4 unspecified atom stereocenters. The molecule has 838 valence electrons. The molecular weight excluding hydrogens is 1990 g/mol. The minimum absolute atomic E-state index is 0. The maximum absolute atomic E-state index is 13.1. The molecule has 0 aromatic heterocycles. The zero-order chi connectivity index (χ0) is 105. The van der Waals surface area contributed by atoms with Crippen LogP contribution in [0.4, 0.5) is 8.78 Å².